The van der Waals surface area contributed by atoms with Gasteiger partial charge in [-0.15, -0.1) is 10.2 Å². The molecule has 0 atom stereocenters. The van der Waals surface area contributed by atoms with E-state index in [4.69, 9.17) is 0 Å². The van der Waals surface area contributed by atoms with Gasteiger partial charge in [-0.3, -0.25) is 4.79 Å². The van der Waals surface area contributed by atoms with E-state index in [1.807, 2.05) is 0 Å². The lowest BCUT2D eigenvalue weighted by Gasteiger charge is -2.17. The number of amides is 1. The van der Waals surface area contributed by atoms with Crippen molar-refractivity contribution in [3.63, 3.8) is 0 Å². The molecule has 30 heavy (non-hydrogen) atoms. The Hall–Kier alpha value is -1.90. The fraction of sp³-hybridized carbons (Fsp3) is 0.318. The van der Waals surface area contributed by atoms with Gasteiger partial charge in [-0.25, -0.2) is 4.39 Å². The van der Waals surface area contributed by atoms with Gasteiger partial charge in [-0.05, 0) is 23.1 Å². The first-order valence-corrected chi connectivity index (χ1v) is 12.4. The molecular weight excluding hydrogens is 437 g/mol. The van der Waals surface area contributed by atoms with Crippen LogP contribution in [0.4, 0.5) is 4.39 Å². The van der Waals surface area contributed by atoms with Gasteiger partial charge < -0.3 is 4.90 Å². The minimum absolute atomic E-state index is 0.0714. The van der Waals surface area contributed by atoms with E-state index in [1.54, 1.807) is 37.0 Å². The normalized spacial score (nSPS) is 11.1. The van der Waals surface area contributed by atoms with Crippen molar-refractivity contribution < 1.29 is 9.18 Å². The lowest BCUT2D eigenvalue weighted by Crippen LogP contribution is -2.28. The molecule has 158 valence electrons. The highest BCUT2D eigenvalue weighted by Gasteiger charge is 2.14. The van der Waals surface area contributed by atoms with Gasteiger partial charge >= 0.3 is 0 Å². The molecule has 0 bridgehead atoms. The largest absolute Gasteiger partial charge is 0.341 e. The highest BCUT2D eigenvalue weighted by Crippen LogP contribution is 2.31. The maximum absolute atomic E-state index is 13.8. The highest BCUT2D eigenvalue weighted by atomic mass is 32.2. The summed E-state index contributed by atoms with van der Waals surface area (Å²) in [6.45, 7) is 4.62. The molecule has 1 heterocycles. The summed E-state index contributed by atoms with van der Waals surface area (Å²) >= 11 is 4.51. The van der Waals surface area contributed by atoms with Crippen LogP contribution in [0.1, 0.15) is 36.5 Å². The van der Waals surface area contributed by atoms with E-state index in [0.29, 0.717) is 11.5 Å². The first-order chi connectivity index (χ1) is 14.4. The van der Waals surface area contributed by atoms with Crippen LogP contribution in [-0.4, -0.2) is 33.8 Å². The number of hydrogen-bond donors (Lipinski definition) is 0. The molecule has 0 saturated heterocycles. The number of nitrogens with zero attached hydrogens (tertiary/aromatic N) is 3. The predicted octanol–water partition coefficient (Wildman–Crippen LogP) is 5.84. The SMILES string of the molecule is CC(C)c1ccc(CSc2nnc(SCC(=O)N(C)Cc3ccccc3F)s2)cc1. The number of carbonyl (C=O) groups excluding carboxylic acids is 1. The number of carbonyl (C=O) groups is 1. The second-order valence-corrected chi connectivity index (χ2v) is 10.6. The third-order valence-electron chi connectivity index (χ3n) is 4.51. The van der Waals surface area contributed by atoms with Gasteiger partial charge in [0.2, 0.25) is 5.91 Å². The van der Waals surface area contributed by atoms with E-state index in [9.17, 15) is 9.18 Å². The van der Waals surface area contributed by atoms with Gasteiger partial charge in [0.05, 0.1) is 5.75 Å². The Morgan fingerprint density at radius 1 is 1.07 bits per heavy atom. The fourth-order valence-electron chi connectivity index (χ4n) is 2.66. The Morgan fingerprint density at radius 3 is 2.40 bits per heavy atom. The molecule has 0 aliphatic rings. The van der Waals surface area contributed by atoms with E-state index >= 15 is 0 Å². The van der Waals surface area contributed by atoms with Gasteiger partial charge in [0.1, 0.15) is 5.82 Å². The molecule has 8 heteroatoms. The molecule has 4 nitrogen and oxygen atoms in total. The van der Waals surface area contributed by atoms with E-state index < -0.39 is 0 Å². The summed E-state index contributed by atoms with van der Waals surface area (Å²) in [5.74, 6) is 1.25. The maximum atomic E-state index is 13.8. The number of thioether (sulfide) groups is 2. The summed E-state index contributed by atoms with van der Waals surface area (Å²) in [4.78, 5) is 13.9. The average Bonchev–Trinajstić information content (AvgIpc) is 3.20. The first-order valence-electron chi connectivity index (χ1n) is 9.57. The second kappa shape index (κ2) is 10.9. The zero-order chi connectivity index (χ0) is 21.5. The fourth-order valence-corrected chi connectivity index (χ4v) is 5.58. The van der Waals surface area contributed by atoms with E-state index in [0.717, 1.165) is 14.4 Å². The van der Waals surface area contributed by atoms with Crippen LogP contribution in [0.2, 0.25) is 0 Å². The summed E-state index contributed by atoms with van der Waals surface area (Å²) in [7, 11) is 1.68. The minimum Gasteiger partial charge on any atom is -0.341 e. The Labute approximate surface area is 189 Å². The van der Waals surface area contributed by atoms with Crippen LogP contribution < -0.4 is 0 Å². The lowest BCUT2D eigenvalue weighted by atomic mass is 10.0. The molecule has 1 aromatic heterocycles. The highest BCUT2D eigenvalue weighted by molar-refractivity contribution is 8.03. The van der Waals surface area contributed by atoms with Crippen molar-refractivity contribution in [3.05, 3.63) is 71.0 Å². The Balaban J connectivity index is 1.45. The molecule has 1 amide bonds. The van der Waals surface area contributed by atoms with Crippen molar-refractivity contribution in [2.24, 2.45) is 0 Å². The summed E-state index contributed by atoms with van der Waals surface area (Å²) in [6, 6.07) is 15.2. The molecule has 3 aromatic rings. The van der Waals surface area contributed by atoms with E-state index in [2.05, 4.69) is 48.3 Å². The summed E-state index contributed by atoms with van der Waals surface area (Å²) in [5, 5.41) is 8.39. The van der Waals surface area contributed by atoms with Crippen molar-refractivity contribution in [1.29, 1.82) is 0 Å². The lowest BCUT2D eigenvalue weighted by molar-refractivity contribution is -0.127. The van der Waals surface area contributed by atoms with E-state index in [1.165, 1.54) is 45.2 Å². The monoisotopic (exact) mass is 461 g/mol. The summed E-state index contributed by atoms with van der Waals surface area (Å²) in [6.07, 6.45) is 0. The van der Waals surface area contributed by atoms with Gasteiger partial charge in [0, 0.05) is 24.9 Å². The van der Waals surface area contributed by atoms with Crippen molar-refractivity contribution in [2.45, 2.75) is 40.7 Å². The van der Waals surface area contributed by atoms with Crippen LogP contribution >= 0.6 is 34.9 Å². The van der Waals surface area contributed by atoms with Crippen molar-refractivity contribution >= 4 is 40.8 Å². The molecule has 0 spiro atoms. The molecule has 0 saturated carbocycles. The number of aromatic nitrogens is 2. The topological polar surface area (TPSA) is 46.1 Å². The van der Waals surface area contributed by atoms with Crippen molar-refractivity contribution in [1.82, 2.24) is 15.1 Å². The minimum atomic E-state index is -0.297. The molecule has 0 fully saturated rings. The zero-order valence-electron chi connectivity index (χ0n) is 17.2. The predicted molar refractivity (Wildman–Crippen MR) is 124 cm³/mol. The number of hydrogen-bond acceptors (Lipinski definition) is 6. The van der Waals surface area contributed by atoms with Gasteiger partial charge in [-0.2, -0.15) is 0 Å². The van der Waals surface area contributed by atoms with Crippen molar-refractivity contribution in [3.8, 4) is 0 Å². The summed E-state index contributed by atoms with van der Waals surface area (Å²) in [5.41, 5.74) is 3.09. The van der Waals surface area contributed by atoms with Crippen LogP contribution in [0.3, 0.4) is 0 Å². The number of halogens is 1. The zero-order valence-corrected chi connectivity index (χ0v) is 19.6. The number of benzene rings is 2. The average molecular weight is 462 g/mol. The molecule has 0 N–H and O–H groups in total. The molecule has 2 aromatic carbocycles. The quantitative estimate of drug-likeness (QED) is 0.374. The maximum Gasteiger partial charge on any atom is 0.233 e. The van der Waals surface area contributed by atoms with E-state index in [-0.39, 0.29) is 24.0 Å². The summed E-state index contributed by atoms with van der Waals surface area (Å²) < 4.78 is 15.4. The Bertz CT molecular complexity index is 976. The molecule has 0 radical (unpaired) electrons. The van der Waals surface area contributed by atoms with Crippen LogP contribution in [0, 0.1) is 5.82 Å². The standard InChI is InChI=1S/C22H24FN3OS3/c1-15(2)17-10-8-16(9-11-17)13-28-21-24-25-22(30-21)29-14-20(27)26(3)12-18-6-4-5-7-19(18)23/h4-11,15H,12-14H2,1-3H3. The second-order valence-electron chi connectivity index (χ2n) is 7.15. The van der Waals surface area contributed by atoms with Crippen LogP contribution in [0.5, 0.6) is 0 Å². The van der Waals surface area contributed by atoms with Crippen molar-refractivity contribution in [2.75, 3.05) is 12.8 Å². The smallest absolute Gasteiger partial charge is 0.233 e. The molecular formula is C22H24FN3OS3. The van der Waals surface area contributed by atoms with Crippen LogP contribution in [0.25, 0.3) is 0 Å². The number of rotatable bonds is 9. The first kappa shape index (κ1) is 22.8. The van der Waals surface area contributed by atoms with Gasteiger partial charge in [0.15, 0.2) is 8.68 Å². The van der Waals surface area contributed by atoms with Crippen LogP contribution in [0.15, 0.2) is 57.2 Å². The van der Waals surface area contributed by atoms with Crippen LogP contribution in [-0.2, 0) is 17.1 Å². The molecule has 0 aliphatic heterocycles. The Kier molecular flexibility index (Phi) is 8.30. The third-order valence-corrected chi connectivity index (χ3v) is 7.75. The van der Waals surface area contributed by atoms with Gasteiger partial charge in [-0.1, -0.05) is 91.2 Å². The Morgan fingerprint density at radius 2 is 1.73 bits per heavy atom. The molecule has 0 aliphatic carbocycles. The third kappa shape index (κ3) is 6.55. The molecule has 0 unspecified atom stereocenters. The molecule has 3 rings (SSSR count). The van der Waals surface area contributed by atoms with Gasteiger partial charge in [0.25, 0.3) is 0 Å².